The summed E-state index contributed by atoms with van der Waals surface area (Å²) in [6.45, 7) is 6.65. The molecular formula is C18H23N5O3. The van der Waals surface area contributed by atoms with Gasteiger partial charge in [0.05, 0.1) is 5.41 Å². The quantitative estimate of drug-likeness (QED) is 0.817. The minimum atomic E-state index is -0.377. The molecule has 2 aromatic rings. The summed E-state index contributed by atoms with van der Waals surface area (Å²) in [5.41, 5.74) is 0.801. The number of hydrogen-bond acceptors (Lipinski definition) is 6. The molecule has 0 N–H and O–H groups in total. The van der Waals surface area contributed by atoms with Crippen LogP contribution in [0.2, 0.25) is 0 Å². The van der Waals surface area contributed by atoms with Gasteiger partial charge in [0, 0.05) is 31.4 Å². The Kier molecular flexibility index (Phi) is 3.93. The number of carbonyl (C=O) groups excluding carboxylic acids is 1. The van der Waals surface area contributed by atoms with Crippen molar-refractivity contribution in [3.8, 4) is 0 Å². The van der Waals surface area contributed by atoms with Crippen molar-refractivity contribution in [1.82, 2.24) is 24.6 Å². The second-order valence-electron chi connectivity index (χ2n) is 7.55. The van der Waals surface area contributed by atoms with Crippen LogP contribution in [0.4, 0.5) is 0 Å². The van der Waals surface area contributed by atoms with Gasteiger partial charge in [0.25, 0.3) is 0 Å². The monoisotopic (exact) mass is 357 g/mol. The van der Waals surface area contributed by atoms with Crippen molar-refractivity contribution >= 4 is 5.91 Å². The first-order valence-electron chi connectivity index (χ1n) is 9.02. The van der Waals surface area contributed by atoms with Crippen molar-refractivity contribution in [2.24, 2.45) is 5.92 Å². The summed E-state index contributed by atoms with van der Waals surface area (Å²) in [5, 5.41) is 8.24. The molecule has 1 aliphatic heterocycles. The van der Waals surface area contributed by atoms with Gasteiger partial charge < -0.3 is 9.32 Å². The molecular weight excluding hydrogens is 334 g/mol. The van der Waals surface area contributed by atoms with Crippen molar-refractivity contribution in [3.05, 3.63) is 39.7 Å². The second kappa shape index (κ2) is 6.03. The molecule has 1 amide bonds. The summed E-state index contributed by atoms with van der Waals surface area (Å²) in [6, 6.07) is 1.82. The summed E-state index contributed by atoms with van der Waals surface area (Å²) in [4.78, 5) is 30.8. The first-order valence-corrected chi connectivity index (χ1v) is 9.02. The van der Waals surface area contributed by atoms with Gasteiger partial charge in [0.2, 0.25) is 17.7 Å². The minimum Gasteiger partial charge on any atom is -0.425 e. The van der Waals surface area contributed by atoms with Crippen LogP contribution in [0.5, 0.6) is 0 Å². The van der Waals surface area contributed by atoms with E-state index in [9.17, 15) is 9.59 Å². The molecule has 2 aliphatic rings. The SMILES string of the molecule is Cc1cc(C)n(CC(=O)N2C[C@@H]3CCC[C@]3(c3nnc(C)o3)C2)c(=O)n1. The molecule has 0 bridgehead atoms. The molecule has 1 aliphatic carbocycles. The Morgan fingerprint density at radius 1 is 1.35 bits per heavy atom. The van der Waals surface area contributed by atoms with Crippen LogP contribution in [-0.2, 0) is 16.8 Å². The van der Waals surface area contributed by atoms with Crippen LogP contribution in [0, 0.1) is 26.7 Å². The molecule has 1 saturated carbocycles. The molecule has 1 saturated heterocycles. The second-order valence-corrected chi connectivity index (χ2v) is 7.55. The maximum atomic E-state index is 12.9. The normalized spacial score (nSPS) is 24.9. The average Bonchev–Trinajstić information content (AvgIpc) is 3.24. The molecule has 138 valence electrons. The summed E-state index contributed by atoms with van der Waals surface area (Å²) < 4.78 is 7.18. The van der Waals surface area contributed by atoms with E-state index in [0.717, 1.165) is 25.0 Å². The van der Waals surface area contributed by atoms with Crippen LogP contribution in [0.3, 0.4) is 0 Å². The predicted molar refractivity (Wildman–Crippen MR) is 92.6 cm³/mol. The Bertz CT molecular complexity index is 918. The summed E-state index contributed by atoms with van der Waals surface area (Å²) >= 11 is 0. The number of aromatic nitrogens is 4. The van der Waals surface area contributed by atoms with Crippen LogP contribution in [0.15, 0.2) is 15.3 Å². The average molecular weight is 357 g/mol. The third-order valence-electron chi connectivity index (χ3n) is 5.82. The lowest BCUT2D eigenvalue weighted by Gasteiger charge is -2.24. The number of rotatable bonds is 3. The molecule has 8 heteroatoms. The highest BCUT2D eigenvalue weighted by atomic mass is 16.4. The minimum absolute atomic E-state index is 0.0175. The van der Waals surface area contributed by atoms with Gasteiger partial charge in [0.15, 0.2) is 0 Å². The molecule has 0 radical (unpaired) electrons. The third kappa shape index (κ3) is 2.64. The zero-order valence-corrected chi connectivity index (χ0v) is 15.4. The van der Waals surface area contributed by atoms with Crippen LogP contribution in [-0.4, -0.2) is 43.6 Å². The van der Waals surface area contributed by atoms with E-state index in [0.29, 0.717) is 36.5 Å². The Hall–Kier alpha value is -2.51. The highest BCUT2D eigenvalue weighted by molar-refractivity contribution is 5.76. The van der Waals surface area contributed by atoms with Crippen molar-refractivity contribution in [2.75, 3.05) is 13.1 Å². The zero-order valence-electron chi connectivity index (χ0n) is 15.4. The molecule has 2 aromatic heterocycles. The fraction of sp³-hybridized carbons (Fsp3) is 0.611. The Morgan fingerprint density at radius 3 is 2.85 bits per heavy atom. The Balaban J connectivity index is 1.57. The van der Waals surface area contributed by atoms with E-state index in [1.54, 1.807) is 13.8 Å². The molecule has 0 unspecified atom stereocenters. The van der Waals surface area contributed by atoms with E-state index in [1.165, 1.54) is 4.57 Å². The zero-order chi connectivity index (χ0) is 18.5. The topological polar surface area (TPSA) is 94.1 Å². The number of amides is 1. The first kappa shape index (κ1) is 16.9. The van der Waals surface area contributed by atoms with Gasteiger partial charge >= 0.3 is 5.69 Å². The van der Waals surface area contributed by atoms with Gasteiger partial charge in [-0.05, 0) is 38.7 Å². The summed E-state index contributed by atoms with van der Waals surface area (Å²) in [5.74, 6) is 1.47. The first-order chi connectivity index (χ1) is 12.4. The van der Waals surface area contributed by atoms with Gasteiger partial charge in [0.1, 0.15) is 6.54 Å². The van der Waals surface area contributed by atoms with E-state index in [-0.39, 0.29) is 23.6 Å². The lowest BCUT2D eigenvalue weighted by atomic mass is 9.80. The number of aryl methyl sites for hydroxylation is 3. The molecule has 8 nitrogen and oxygen atoms in total. The molecule has 0 spiro atoms. The number of hydrogen-bond donors (Lipinski definition) is 0. The smallest absolute Gasteiger partial charge is 0.348 e. The lowest BCUT2D eigenvalue weighted by molar-refractivity contribution is -0.131. The Labute approximate surface area is 151 Å². The molecule has 4 rings (SSSR count). The largest absolute Gasteiger partial charge is 0.425 e. The summed E-state index contributed by atoms with van der Waals surface area (Å²) in [6.07, 6.45) is 3.11. The molecule has 26 heavy (non-hydrogen) atoms. The fourth-order valence-electron chi connectivity index (χ4n) is 4.53. The van der Waals surface area contributed by atoms with E-state index in [2.05, 4.69) is 15.2 Å². The lowest BCUT2D eigenvalue weighted by Crippen LogP contribution is -2.39. The van der Waals surface area contributed by atoms with Gasteiger partial charge in [-0.2, -0.15) is 4.98 Å². The van der Waals surface area contributed by atoms with Crippen molar-refractivity contribution in [1.29, 1.82) is 0 Å². The molecule has 2 fully saturated rings. The van der Waals surface area contributed by atoms with Crippen LogP contribution < -0.4 is 5.69 Å². The van der Waals surface area contributed by atoms with E-state index >= 15 is 0 Å². The van der Waals surface area contributed by atoms with E-state index in [4.69, 9.17) is 4.42 Å². The standard InChI is InChI=1S/C18H23N5O3/c1-11-7-12(2)23(17(25)19-11)9-15(24)22-8-14-5-4-6-18(14,10-22)16-21-20-13(3)26-16/h7,14H,4-6,8-10H2,1-3H3/t14-,18-/m0/s1. The van der Waals surface area contributed by atoms with E-state index < -0.39 is 0 Å². The molecule has 0 aromatic carbocycles. The predicted octanol–water partition coefficient (Wildman–Crippen LogP) is 1.13. The van der Waals surface area contributed by atoms with Crippen molar-refractivity contribution in [3.63, 3.8) is 0 Å². The molecule has 3 heterocycles. The number of nitrogens with zero attached hydrogens (tertiary/aromatic N) is 5. The van der Waals surface area contributed by atoms with Crippen molar-refractivity contribution < 1.29 is 9.21 Å². The van der Waals surface area contributed by atoms with Gasteiger partial charge in [-0.3, -0.25) is 9.36 Å². The highest BCUT2D eigenvalue weighted by Gasteiger charge is 2.54. The number of fused-ring (bicyclic) bond motifs is 1. The van der Waals surface area contributed by atoms with Gasteiger partial charge in [-0.15, -0.1) is 10.2 Å². The van der Waals surface area contributed by atoms with Crippen LogP contribution in [0.1, 0.15) is 42.4 Å². The van der Waals surface area contributed by atoms with Crippen molar-refractivity contribution in [2.45, 2.75) is 52.0 Å². The third-order valence-corrected chi connectivity index (χ3v) is 5.82. The maximum Gasteiger partial charge on any atom is 0.348 e. The Morgan fingerprint density at radius 2 is 2.15 bits per heavy atom. The number of likely N-dealkylation sites (tertiary alicyclic amines) is 1. The number of carbonyl (C=O) groups is 1. The highest BCUT2D eigenvalue weighted by Crippen LogP contribution is 2.49. The molecule has 2 atom stereocenters. The van der Waals surface area contributed by atoms with Crippen LogP contribution >= 0.6 is 0 Å². The summed E-state index contributed by atoms with van der Waals surface area (Å²) in [7, 11) is 0. The fourth-order valence-corrected chi connectivity index (χ4v) is 4.53. The maximum absolute atomic E-state index is 12.9. The van der Waals surface area contributed by atoms with Gasteiger partial charge in [-0.1, -0.05) is 6.42 Å². The van der Waals surface area contributed by atoms with Gasteiger partial charge in [-0.25, -0.2) is 4.79 Å². The van der Waals surface area contributed by atoms with Crippen LogP contribution in [0.25, 0.3) is 0 Å². The van der Waals surface area contributed by atoms with E-state index in [1.807, 2.05) is 17.9 Å².